The van der Waals surface area contributed by atoms with Gasteiger partial charge in [-0.05, 0) is 48.5 Å². The zero-order valence-electron chi connectivity index (χ0n) is 15.1. The van der Waals surface area contributed by atoms with Crippen molar-refractivity contribution >= 4 is 65.6 Å². The highest BCUT2D eigenvalue weighted by Gasteiger charge is 2.07. The number of hydrogen-bond donors (Lipinski definition) is 1. The van der Waals surface area contributed by atoms with Gasteiger partial charge in [0.2, 0.25) is 0 Å². The van der Waals surface area contributed by atoms with Gasteiger partial charge >= 0.3 is 11.9 Å². The van der Waals surface area contributed by atoms with Crippen LogP contribution in [0.25, 0.3) is 21.8 Å². The van der Waals surface area contributed by atoms with Gasteiger partial charge in [-0.1, -0.05) is 44.0 Å². The molecule has 6 nitrogen and oxygen atoms in total. The number of carbonyl (C=O) groups is 2. The maximum Gasteiger partial charge on any atom is 0.356 e. The fourth-order valence-electron chi connectivity index (χ4n) is 2.53. The molecule has 146 valence electrons. The van der Waals surface area contributed by atoms with Gasteiger partial charge in [-0.2, -0.15) is 0 Å². The van der Waals surface area contributed by atoms with Crippen molar-refractivity contribution in [1.82, 2.24) is 9.97 Å². The second-order valence-electron chi connectivity index (χ2n) is 5.86. The molecule has 0 amide bonds. The van der Waals surface area contributed by atoms with Crippen LogP contribution in [0, 0.1) is 0 Å². The molecule has 8 heteroatoms. The topological polar surface area (TPSA) is 89.4 Å². The van der Waals surface area contributed by atoms with Crippen molar-refractivity contribution < 1.29 is 19.4 Å². The van der Waals surface area contributed by atoms with Gasteiger partial charge in [0.1, 0.15) is 11.4 Å². The first-order valence-corrected chi connectivity index (χ1v) is 9.90. The lowest BCUT2D eigenvalue weighted by Crippen LogP contribution is -2.03. The molecule has 4 rings (SSSR count). The fraction of sp³-hybridized carbons (Fsp3) is 0.0476. The second-order valence-corrected chi connectivity index (χ2v) is 7.70. The van der Waals surface area contributed by atoms with Crippen molar-refractivity contribution in [3.63, 3.8) is 0 Å². The van der Waals surface area contributed by atoms with Crippen LogP contribution < -0.4 is 0 Å². The minimum Gasteiger partial charge on any atom is -0.477 e. The first-order valence-electron chi connectivity index (χ1n) is 8.31. The molecule has 4 aromatic rings. The number of rotatable bonds is 2. The molecular weight excluding hydrogens is 504 g/mol. The Labute approximate surface area is 182 Å². The van der Waals surface area contributed by atoms with Crippen LogP contribution in [-0.2, 0) is 4.74 Å². The summed E-state index contributed by atoms with van der Waals surface area (Å²) >= 11 is 6.71. The molecule has 0 spiro atoms. The second kappa shape index (κ2) is 9.11. The molecule has 2 heterocycles. The number of hydrogen-bond acceptors (Lipinski definition) is 5. The lowest BCUT2D eigenvalue weighted by atomic mass is 10.2. The molecule has 0 radical (unpaired) electrons. The van der Waals surface area contributed by atoms with Crippen molar-refractivity contribution in [2.75, 3.05) is 7.11 Å². The number of aromatic carboxylic acids is 1. The Morgan fingerprint density at radius 3 is 1.76 bits per heavy atom. The van der Waals surface area contributed by atoms with Gasteiger partial charge in [0.05, 0.1) is 18.1 Å². The predicted octanol–water partition coefficient (Wildman–Crippen LogP) is 5.48. The lowest BCUT2D eigenvalue weighted by Gasteiger charge is -2.01. The van der Waals surface area contributed by atoms with E-state index in [2.05, 4.69) is 46.6 Å². The molecule has 0 saturated heterocycles. The lowest BCUT2D eigenvalue weighted by molar-refractivity contribution is 0.0593. The molecule has 0 bridgehead atoms. The van der Waals surface area contributed by atoms with Gasteiger partial charge < -0.3 is 9.84 Å². The third-order valence-corrected chi connectivity index (χ3v) is 4.90. The zero-order valence-corrected chi connectivity index (χ0v) is 18.3. The summed E-state index contributed by atoms with van der Waals surface area (Å²) < 4.78 is 6.54. The van der Waals surface area contributed by atoms with Gasteiger partial charge in [0.15, 0.2) is 0 Å². The number of carbonyl (C=O) groups excluding carboxylic acids is 1. The number of carboxylic acid groups (broad SMARTS) is 1. The SMILES string of the molecule is COC(=O)c1ccc2cc(Br)ccc2n1.O=C(O)c1ccc2cc(Br)ccc2n1. The van der Waals surface area contributed by atoms with E-state index in [9.17, 15) is 9.59 Å². The van der Waals surface area contributed by atoms with Crippen LogP contribution >= 0.6 is 31.9 Å². The highest BCUT2D eigenvalue weighted by molar-refractivity contribution is 9.10. The summed E-state index contributed by atoms with van der Waals surface area (Å²) in [5, 5.41) is 10.6. The molecule has 0 aliphatic carbocycles. The third-order valence-electron chi connectivity index (χ3n) is 3.92. The monoisotopic (exact) mass is 516 g/mol. The number of carboxylic acids is 1. The first kappa shape index (κ1) is 20.9. The van der Waals surface area contributed by atoms with Crippen LogP contribution in [0.1, 0.15) is 21.0 Å². The Kier molecular flexibility index (Phi) is 6.56. The van der Waals surface area contributed by atoms with Crippen LogP contribution in [-0.4, -0.2) is 34.1 Å². The normalized spacial score (nSPS) is 10.3. The minimum absolute atomic E-state index is 0.0693. The summed E-state index contributed by atoms with van der Waals surface area (Å²) in [5.74, 6) is -1.42. The molecule has 0 atom stereocenters. The van der Waals surface area contributed by atoms with E-state index < -0.39 is 11.9 Å². The van der Waals surface area contributed by atoms with E-state index in [4.69, 9.17) is 5.11 Å². The number of nitrogens with zero attached hydrogens (tertiary/aromatic N) is 2. The summed E-state index contributed by atoms with van der Waals surface area (Å²) in [4.78, 5) is 30.1. The Morgan fingerprint density at radius 2 is 1.28 bits per heavy atom. The molecule has 0 unspecified atom stereocenters. The molecule has 0 fully saturated rings. The summed E-state index contributed by atoms with van der Waals surface area (Å²) in [6, 6.07) is 17.9. The van der Waals surface area contributed by atoms with E-state index in [0.717, 1.165) is 25.2 Å². The number of aromatic nitrogens is 2. The number of methoxy groups -OCH3 is 1. The van der Waals surface area contributed by atoms with Crippen molar-refractivity contribution in [2.45, 2.75) is 0 Å². The first-order chi connectivity index (χ1) is 13.9. The number of pyridine rings is 2. The van der Waals surface area contributed by atoms with Gasteiger partial charge in [-0.3, -0.25) is 0 Å². The van der Waals surface area contributed by atoms with Crippen LogP contribution in [0.2, 0.25) is 0 Å². The Bertz CT molecular complexity index is 1230. The van der Waals surface area contributed by atoms with E-state index >= 15 is 0 Å². The molecule has 0 aliphatic heterocycles. The van der Waals surface area contributed by atoms with Crippen LogP contribution in [0.15, 0.2) is 69.6 Å². The molecule has 29 heavy (non-hydrogen) atoms. The highest BCUT2D eigenvalue weighted by atomic mass is 79.9. The number of esters is 1. The predicted molar refractivity (Wildman–Crippen MR) is 117 cm³/mol. The van der Waals surface area contributed by atoms with Gasteiger partial charge in [-0.25, -0.2) is 19.6 Å². The van der Waals surface area contributed by atoms with Crippen molar-refractivity contribution in [3.8, 4) is 0 Å². The average Bonchev–Trinajstić information content (AvgIpc) is 2.72. The standard InChI is InChI=1S/C11H8BrNO2.C10H6BrNO2/c1-15-11(14)10-4-2-7-6-8(12)3-5-9(7)13-10;11-7-2-4-8-6(5-7)1-3-9(12-8)10(13)14/h2-6H,1H3;1-5H,(H,13,14). The highest BCUT2D eigenvalue weighted by Crippen LogP contribution is 2.19. The summed E-state index contributed by atoms with van der Waals surface area (Å²) in [6.45, 7) is 0. The summed E-state index contributed by atoms with van der Waals surface area (Å²) in [5.41, 5.74) is 1.86. The maximum atomic E-state index is 11.2. The van der Waals surface area contributed by atoms with E-state index in [-0.39, 0.29) is 5.69 Å². The number of fused-ring (bicyclic) bond motifs is 2. The van der Waals surface area contributed by atoms with E-state index in [1.54, 1.807) is 18.2 Å². The summed E-state index contributed by atoms with van der Waals surface area (Å²) in [7, 11) is 1.34. The number of benzene rings is 2. The van der Waals surface area contributed by atoms with Crippen molar-refractivity contribution in [1.29, 1.82) is 0 Å². The van der Waals surface area contributed by atoms with Gasteiger partial charge in [0, 0.05) is 19.7 Å². The Morgan fingerprint density at radius 1 is 0.793 bits per heavy atom. The van der Waals surface area contributed by atoms with E-state index in [1.807, 2.05) is 36.4 Å². The Hall–Kier alpha value is -2.84. The largest absolute Gasteiger partial charge is 0.477 e. The molecule has 0 saturated carbocycles. The number of ether oxygens (including phenoxy) is 1. The molecule has 2 aromatic heterocycles. The number of halogens is 2. The van der Waals surface area contributed by atoms with E-state index in [1.165, 1.54) is 13.2 Å². The summed E-state index contributed by atoms with van der Waals surface area (Å²) in [6.07, 6.45) is 0. The van der Waals surface area contributed by atoms with Crippen LogP contribution in [0.5, 0.6) is 0 Å². The fourth-order valence-corrected chi connectivity index (χ4v) is 3.29. The maximum absolute atomic E-state index is 11.2. The zero-order chi connectivity index (χ0) is 21.0. The van der Waals surface area contributed by atoms with Crippen molar-refractivity contribution in [2.24, 2.45) is 0 Å². The van der Waals surface area contributed by atoms with E-state index in [0.29, 0.717) is 11.2 Å². The Balaban J connectivity index is 0.000000166. The third kappa shape index (κ3) is 5.16. The minimum atomic E-state index is -1.00. The molecule has 2 aromatic carbocycles. The van der Waals surface area contributed by atoms with Crippen molar-refractivity contribution in [3.05, 3.63) is 81.0 Å². The van der Waals surface area contributed by atoms with Crippen LogP contribution in [0.3, 0.4) is 0 Å². The average molecular weight is 518 g/mol. The van der Waals surface area contributed by atoms with Gasteiger partial charge in [-0.15, -0.1) is 0 Å². The quantitative estimate of drug-likeness (QED) is 0.354. The molecule has 0 aliphatic rings. The van der Waals surface area contributed by atoms with Crippen LogP contribution in [0.4, 0.5) is 0 Å². The molecular formula is C21H14Br2N2O4. The van der Waals surface area contributed by atoms with Gasteiger partial charge in [0.25, 0.3) is 0 Å². The molecule has 1 N–H and O–H groups in total. The smallest absolute Gasteiger partial charge is 0.356 e.